The van der Waals surface area contributed by atoms with Gasteiger partial charge in [-0.2, -0.15) is 0 Å². The van der Waals surface area contributed by atoms with Crippen LogP contribution in [0.2, 0.25) is 0 Å². The lowest BCUT2D eigenvalue weighted by atomic mass is 10.1. The molecule has 100 valence electrons. The van der Waals surface area contributed by atoms with E-state index in [1.54, 1.807) is 0 Å². The van der Waals surface area contributed by atoms with Crippen molar-refractivity contribution in [2.24, 2.45) is 0 Å². The highest BCUT2D eigenvalue weighted by atomic mass is 16.3. The molecule has 1 aromatic heterocycles. The number of aromatic nitrogens is 2. The number of rotatable bonds is 2. The summed E-state index contributed by atoms with van der Waals surface area (Å²) >= 11 is 0. The SMILES string of the molecule is Cc1cc(CN2CCn3ccnc3C2)cc(C)c1O. The van der Waals surface area contributed by atoms with E-state index in [-0.39, 0.29) is 0 Å². The number of hydrogen-bond acceptors (Lipinski definition) is 3. The van der Waals surface area contributed by atoms with E-state index >= 15 is 0 Å². The average Bonchev–Trinajstić information content (AvgIpc) is 2.83. The maximum absolute atomic E-state index is 9.81. The van der Waals surface area contributed by atoms with Gasteiger partial charge >= 0.3 is 0 Å². The van der Waals surface area contributed by atoms with Crippen LogP contribution < -0.4 is 0 Å². The molecule has 3 rings (SSSR count). The van der Waals surface area contributed by atoms with E-state index in [0.717, 1.165) is 43.1 Å². The van der Waals surface area contributed by atoms with Crippen LogP contribution in [-0.4, -0.2) is 26.1 Å². The third kappa shape index (κ3) is 2.36. The quantitative estimate of drug-likeness (QED) is 0.897. The molecule has 2 aromatic rings. The molecule has 1 aliphatic rings. The van der Waals surface area contributed by atoms with Crippen LogP contribution in [0.4, 0.5) is 0 Å². The molecule has 0 spiro atoms. The fraction of sp³-hybridized carbons (Fsp3) is 0.400. The summed E-state index contributed by atoms with van der Waals surface area (Å²) in [7, 11) is 0. The zero-order valence-corrected chi connectivity index (χ0v) is 11.4. The Morgan fingerprint density at radius 3 is 2.68 bits per heavy atom. The van der Waals surface area contributed by atoms with Crippen LogP contribution in [-0.2, 0) is 19.6 Å². The number of imidazole rings is 1. The Kier molecular flexibility index (Phi) is 3.03. The molecule has 0 unspecified atom stereocenters. The summed E-state index contributed by atoms with van der Waals surface area (Å²) in [6.45, 7) is 7.76. The Morgan fingerprint density at radius 1 is 1.21 bits per heavy atom. The highest BCUT2D eigenvalue weighted by Gasteiger charge is 2.17. The summed E-state index contributed by atoms with van der Waals surface area (Å²) in [6.07, 6.45) is 3.91. The van der Waals surface area contributed by atoms with Gasteiger partial charge in [0.25, 0.3) is 0 Å². The third-order valence-electron chi connectivity index (χ3n) is 3.78. The van der Waals surface area contributed by atoms with Crippen molar-refractivity contribution in [3.05, 3.63) is 47.0 Å². The number of aromatic hydroxyl groups is 1. The Labute approximate surface area is 113 Å². The molecule has 0 bridgehead atoms. The van der Waals surface area contributed by atoms with Gasteiger partial charge in [-0.3, -0.25) is 4.90 Å². The summed E-state index contributed by atoms with van der Waals surface area (Å²) in [5.74, 6) is 1.55. The van der Waals surface area contributed by atoms with Crippen molar-refractivity contribution in [1.29, 1.82) is 0 Å². The molecule has 0 saturated heterocycles. The minimum atomic E-state index is 0.415. The molecule has 1 aromatic carbocycles. The van der Waals surface area contributed by atoms with Gasteiger partial charge in [0, 0.05) is 32.0 Å². The first-order valence-electron chi connectivity index (χ1n) is 6.65. The van der Waals surface area contributed by atoms with Gasteiger partial charge in [0.15, 0.2) is 0 Å². The zero-order chi connectivity index (χ0) is 13.4. The summed E-state index contributed by atoms with van der Waals surface area (Å²) in [5, 5.41) is 9.81. The molecular formula is C15H19N3O. The molecule has 4 heteroatoms. The van der Waals surface area contributed by atoms with E-state index in [9.17, 15) is 5.11 Å². The number of nitrogens with zero attached hydrogens (tertiary/aromatic N) is 3. The lowest BCUT2D eigenvalue weighted by Crippen LogP contribution is -2.33. The lowest BCUT2D eigenvalue weighted by Gasteiger charge is -2.27. The van der Waals surface area contributed by atoms with E-state index in [0.29, 0.717) is 5.75 Å². The number of phenols is 1. The topological polar surface area (TPSA) is 41.3 Å². The minimum absolute atomic E-state index is 0.415. The van der Waals surface area contributed by atoms with Gasteiger partial charge in [0.05, 0.1) is 6.54 Å². The first-order valence-corrected chi connectivity index (χ1v) is 6.65. The standard InChI is InChI=1S/C15H19N3O/c1-11-7-13(8-12(2)15(11)19)9-17-5-6-18-4-3-16-14(18)10-17/h3-4,7-8,19H,5-6,9-10H2,1-2H3. The van der Waals surface area contributed by atoms with Crippen LogP contribution in [0.15, 0.2) is 24.5 Å². The summed E-state index contributed by atoms with van der Waals surface area (Å²) in [5.41, 5.74) is 3.16. The molecular weight excluding hydrogens is 238 g/mol. The van der Waals surface area contributed by atoms with Gasteiger partial charge in [0.1, 0.15) is 11.6 Å². The second-order valence-electron chi connectivity index (χ2n) is 5.33. The lowest BCUT2D eigenvalue weighted by molar-refractivity contribution is 0.208. The zero-order valence-electron chi connectivity index (χ0n) is 11.4. The maximum Gasteiger partial charge on any atom is 0.122 e. The van der Waals surface area contributed by atoms with E-state index < -0.39 is 0 Å². The van der Waals surface area contributed by atoms with Gasteiger partial charge in [0.2, 0.25) is 0 Å². The number of fused-ring (bicyclic) bond motifs is 1. The van der Waals surface area contributed by atoms with Crippen LogP contribution >= 0.6 is 0 Å². The second kappa shape index (κ2) is 4.70. The monoisotopic (exact) mass is 257 g/mol. The van der Waals surface area contributed by atoms with E-state index in [1.807, 2.05) is 26.2 Å². The minimum Gasteiger partial charge on any atom is -0.507 e. The van der Waals surface area contributed by atoms with Gasteiger partial charge in [-0.05, 0) is 30.5 Å². The number of hydrogen-bond donors (Lipinski definition) is 1. The van der Waals surface area contributed by atoms with Crippen LogP contribution in [0, 0.1) is 13.8 Å². The van der Waals surface area contributed by atoms with Crippen molar-refractivity contribution in [3.63, 3.8) is 0 Å². The van der Waals surface area contributed by atoms with E-state index in [4.69, 9.17) is 0 Å². The molecule has 0 fully saturated rings. The molecule has 0 saturated carbocycles. The average molecular weight is 257 g/mol. The Bertz CT molecular complexity index is 580. The maximum atomic E-state index is 9.81. The van der Waals surface area contributed by atoms with Crippen LogP contribution in [0.5, 0.6) is 5.75 Å². The fourth-order valence-corrected chi connectivity index (χ4v) is 2.75. The van der Waals surface area contributed by atoms with E-state index in [1.165, 1.54) is 5.56 Å². The van der Waals surface area contributed by atoms with Crippen molar-refractivity contribution in [2.75, 3.05) is 6.54 Å². The first-order chi connectivity index (χ1) is 9.13. The van der Waals surface area contributed by atoms with Crippen molar-refractivity contribution in [2.45, 2.75) is 33.5 Å². The smallest absolute Gasteiger partial charge is 0.122 e. The molecule has 2 heterocycles. The third-order valence-corrected chi connectivity index (χ3v) is 3.78. The Balaban J connectivity index is 1.76. The molecule has 4 nitrogen and oxygen atoms in total. The van der Waals surface area contributed by atoms with Crippen molar-refractivity contribution >= 4 is 0 Å². The number of phenolic OH excluding ortho intramolecular Hbond substituents is 1. The Hall–Kier alpha value is -1.81. The van der Waals surface area contributed by atoms with Crippen molar-refractivity contribution < 1.29 is 5.11 Å². The molecule has 19 heavy (non-hydrogen) atoms. The number of aryl methyl sites for hydroxylation is 2. The molecule has 0 radical (unpaired) electrons. The van der Waals surface area contributed by atoms with E-state index in [2.05, 4.69) is 26.6 Å². The van der Waals surface area contributed by atoms with Crippen molar-refractivity contribution in [1.82, 2.24) is 14.5 Å². The molecule has 0 atom stereocenters. The van der Waals surface area contributed by atoms with Gasteiger partial charge in [-0.1, -0.05) is 12.1 Å². The van der Waals surface area contributed by atoms with Gasteiger partial charge in [-0.15, -0.1) is 0 Å². The summed E-state index contributed by atoms with van der Waals surface area (Å²) in [4.78, 5) is 6.78. The van der Waals surface area contributed by atoms with Gasteiger partial charge < -0.3 is 9.67 Å². The van der Waals surface area contributed by atoms with Crippen LogP contribution in [0.25, 0.3) is 0 Å². The summed E-state index contributed by atoms with van der Waals surface area (Å²) in [6, 6.07) is 4.15. The van der Waals surface area contributed by atoms with Crippen LogP contribution in [0.1, 0.15) is 22.5 Å². The van der Waals surface area contributed by atoms with Gasteiger partial charge in [-0.25, -0.2) is 4.98 Å². The molecule has 0 amide bonds. The summed E-state index contributed by atoms with van der Waals surface area (Å²) < 4.78 is 2.21. The fourth-order valence-electron chi connectivity index (χ4n) is 2.75. The normalized spacial score (nSPS) is 15.5. The molecule has 1 N–H and O–H groups in total. The van der Waals surface area contributed by atoms with Crippen molar-refractivity contribution in [3.8, 4) is 5.75 Å². The van der Waals surface area contributed by atoms with Crippen LogP contribution in [0.3, 0.4) is 0 Å². The molecule has 1 aliphatic heterocycles. The number of benzene rings is 1. The highest BCUT2D eigenvalue weighted by molar-refractivity contribution is 5.42. The highest BCUT2D eigenvalue weighted by Crippen LogP contribution is 2.24. The molecule has 0 aliphatic carbocycles. The second-order valence-corrected chi connectivity index (χ2v) is 5.33. The first kappa shape index (κ1) is 12.2. The largest absolute Gasteiger partial charge is 0.507 e. The Morgan fingerprint density at radius 2 is 1.95 bits per heavy atom. The predicted octanol–water partition coefficient (Wildman–Crippen LogP) is 2.22. The predicted molar refractivity (Wildman–Crippen MR) is 73.9 cm³/mol.